The molecular weight excluding hydrogens is 1200 g/mol. The molecule has 3 heteroatoms. The molecule has 0 spiro atoms. The molecule has 16 aromatic carbocycles. The summed E-state index contributed by atoms with van der Waals surface area (Å²) < 4.78 is 0. The fourth-order valence-electron chi connectivity index (χ4n) is 15.5. The highest BCUT2D eigenvalue weighted by Crippen LogP contribution is 2.52. The first-order chi connectivity index (χ1) is 49.1. The van der Waals surface area contributed by atoms with E-state index >= 15 is 0 Å². The quantitative estimate of drug-likeness (QED) is 0.100. The van der Waals surface area contributed by atoms with Gasteiger partial charge in [-0.05, 0) is 255 Å². The largest absolute Gasteiger partial charge is 0.334 e. The highest BCUT2D eigenvalue weighted by molar-refractivity contribution is 6.33. The first-order valence-electron chi connectivity index (χ1n) is 34.6. The summed E-state index contributed by atoms with van der Waals surface area (Å²) in [6.45, 7) is 0. The molecule has 18 rings (SSSR count). The van der Waals surface area contributed by atoms with Crippen molar-refractivity contribution < 1.29 is 0 Å². The van der Waals surface area contributed by atoms with E-state index in [0.717, 1.165) is 86.9 Å². The number of aryl methyl sites for hydroxylation is 1. The Hall–Kier alpha value is -12.6. The van der Waals surface area contributed by atoms with Crippen molar-refractivity contribution in [3.8, 4) is 55.6 Å². The molecule has 0 amide bonds. The fraction of sp³-hybridized carbons (Fsp3) is 0.0417. The molecule has 16 aromatic rings. The predicted octanol–water partition coefficient (Wildman–Crippen LogP) is 26.7. The second kappa shape index (κ2) is 25.5. The van der Waals surface area contributed by atoms with E-state index in [1.807, 2.05) is 0 Å². The maximum Gasteiger partial charge on any atom is 0.0559 e. The molecule has 0 fully saturated rings. The van der Waals surface area contributed by atoms with Crippen LogP contribution in [0.25, 0.3) is 116 Å². The minimum atomic E-state index is 0.136. The number of anilines is 8. The highest BCUT2D eigenvalue weighted by Gasteiger charge is 2.26. The Morgan fingerprint density at radius 1 is 0.273 bits per heavy atom. The normalized spacial score (nSPS) is 13.3. The third kappa shape index (κ3) is 11.1. The summed E-state index contributed by atoms with van der Waals surface area (Å²) in [5, 5.41) is 12.1. The summed E-state index contributed by atoms with van der Waals surface area (Å²) in [4.78, 5) is 7.28. The van der Waals surface area contributed by atoms with Crippen molar-refractivity contribution in [2.75, 3.05) is 14.7 Å². The van der Waals surface area contributed by atoms with Gasteiger partial charge in [0.1, 0.15) is 0 Å². The molecule has 2 aliphatic carbocycles. The molecule has 0 aliphatic heterocycles. The molecule has 0 aromatic heterocycles. The van der Waals surface area contributed by atoms with Crippen molar-refractivity contribution in [1.29, 1.82) is 0 Å². The van der Waals surface area contributed by atoms with Crippen LogP contribution < -0.4 is 14.7 Å². The van der Waals surface area contributed by atoms with Gasteiger partial charge >= 0.3 is 0 Å². The van der Waals surface area contributed by atoms with Crippen molar-refractivity contribution in [2.45, 2.75) is 25.3 Å². The lowest BCUT2D eigenvalue weighted by molar-refractivity contribution is 0.785. The van der Waals surface area contributed by atoms with Gasteiger partial charge in [0.25, 0.3) is 0 Å². The molecule has 2 aliphatic rings. The van der Waals surface area contributed by atoms with Crippen LogP contribution in [0, 0.1) is 0 Å². The zero-order chi connectivity index (χ0) is 65.6. The second-order valence-electron chi connectivity index (χ2n) is 26.2. The van der Waals surface area contributed by atoms with Gasteiger partial charge < -0.3 is 14.7 Å². The van der Waals surface area contributed by atoms with Crippen molar-refractivity contribution in [3.05, 3.63) is 381 Å². The molecule has 0 radical (unpaired) electrons. The van der Waals surface area contributed by atoms with Crippen molar-refractivity contribution in [2.24, 2.45) is 0 Å². The van der Waals surface area contributed by atoms with Gasteiger partial charge in [0.05, 0.1) is 6.04 Å². The van der Waals surface area contributed by atoms with Crippen LogP contribution in [0.2, 0.25) is 0 Å². The first-order valence-corrected chi connectivity index (χ1v) is 34.6. The van der Waals surface area contributed by atoms with Crippen molar-refractivity contribution in [1.82, 2.24) is 0 Å². The molecule has 0 heterocycles. The van der Waals surface area contributed by atoms with E-state index in [9.17, 15) is 0 Å². The number of benzene rings is 16. The molecule has 0 N–H and O–H groups in total. The predicted molar refractivity (Wildman–Crippen MR) is 423 cm³/mol. The van der Waals surface area contributed by atoms with Crippen molar-refractivity contribution >= 4 is 105 Å². The van der Waals surface area contributed by atoms with Gasteiger partial charge in [-0.15, -0.1) is 0 Å². The van der Waals surface area contributed by atoms with Gasteiger partial charge in [-0.25, -0.2) is 0 Å². The number of allylic oxidation sites excluding steroid dienone is 3. The standard InChI is InChI=1S/C96H69N3/c1-6-22-66(23-7-1)77-47-58-88-92(63-77)93-64-78(70-38-49-82(50-39-70)97(79-32-10-3-11-33-79)85-55-40-67-24-16-19-29-74(67)60-85)48-59-89(93)96-94(73-45-53-84(54-46-73)99(81-36-14-5-15-37-81)87-57-42-69-26-18-21-31-76(69)62-87)90(71-27-8-2-9-28-71)65-91(95(88)96)72-43-51-83(52-44-72)98(80-34-12-4-13-35-80)86-56-41-68-25-17-20-30-75(68)61-86/h1-16,18-24,26-36,38-65,81H,17,25,37H2. The summed E-state index contributed by atoms with van der Waals surface area (Å²) in [5.74, 6) is 0. The minimum absolute atomic E-state index is 0.136. The number of hydrogen-bond donors (Lipinski definition) is 0. The van der Waals surface area contributed by atoms with E-state index in [1.165, 1.54) is 98.5 Å². The number of nitrogens with zero attached hydrogens (tertiary/aromatic N) is 3. The molecule has 0 saturated heterocycles. The summed E-state index contributed by atoms with van der Waals surface area (Å²) in [6, 6.07) is 127. The third-order valence-electron chi connectivity index (χ3n) is 20.3. The smallest absolute Gasteiger partial charge is 0.0559 e. The monoisotopic (exact) mass is 1260 g/mol. The molecule has 1 atom stereocenters. The van der Waals surface area contributed by atoms with Crippen LogP contribution in [0.1, 0.15) is 24.0 Å². The summed E-state index contributed by atoms with van der Waals surface area (Å²) in [6.07, 6.45) is 16.6. The Morgan fingerprint density at radius 3 is 1.33 bits per heavy atom. The number of rotatable bonds is 14. The Labute approximate surface area is 578 Å². The van der Waals surface area contributed by atoms with E-state index in [-0.39, 0.29) is 6.04 Å². The van der Waals surface area contributed by atoms with E-state index in [1.54, 1.807) is 0 Å². The number of fused-ring (bicyclic) bond motifs is 9. The van der Waals surface area contributed by atoms with E-state index < -0.39 is 0 Å². The lowest BCUT2D eigenvalue weighted by Crippen LogP contribution is -2.29. The second-order valence-corrected chi connectivity index (χ2v) is 26.2. The Balaban J connectivity index is 0.867. The molecule has 99 heavy (non-hydrogen) atoms. The van der Waals surface area contributed by atoms with Crippen LogP contribution in [0.5, 0.6) is 0 Å². The topological polar surface area (TPSA) is 9.72 Å². The molecule has 3 nitrogen and oxygen atoms in total. The zero-order valence-corrected chi connectivity index (χ0v) is 54.8. The maximum absolute atomic E-state index is 2.52. The third-order valence-corrected chi connectivity index (χ3v) is 20.3. The SMILES string of the molecule is C1=CCC(N(c2ccc(-c3c(-c4ccccc4)cc(-c4ccc(N(c5ccccc5)c5ccc6c(c5)C=CCC6)cc4)c4c5ccc(-c6ccccc6)cc5c5cc(-c6ccc(N(c7ccccc7)c7ccc8ccccc8c7)cc6)ccc5c34)cc2)c2ccc3ccccc3c2)C=C1. The first kappa shape index (κ1) is 59.0. The van der Waals surface area contributed by atoms with Crippen LogP contribution in [0.4, 0.5) is 45.5 Å². The molecule has 1 unspecified atom stereocenters. The van der Waals surface area contributed by atoms with Gasteiger partial charge in [-0.3, -0.25) is 0 Å². The zero-order valence-electron chi connectivity index (χ0n) is 54.8. The van der Waals surface area contributed by atoms with Crippen LogP contribution in [0.15, 0.2) is 370 Å². The summed E-state index contributed by atoms with van der Waals surface area (Å²) >= 11 is 0. The van der Waals surface area contributed by atoms with E-state index in [0.29, 0.717) is 0 Å². The average molecular weight is 1260 g/mol. The van der Waals surface area contributed by atoms with E-state index in [4.69, 9.17) is 0 Å². The number of para-hydroxylation sites is 2. The molecule has 468 valence electrons. The van der Waals surface area contributed by atoms with Gasteiger partial charge in [0.15, 0.2) is 0 Å². The van der Waals surface area contributed by atoms with Gasteiger partial charge in [0.2, 0.25) is 0 Å². The Morgan fingerprint density at radius 2 is 0.727 bits per heavy atom. The minimum Gasteiger partial charge on any atom is -0.334 e. The lowest BCUT2D eigenvalue weighted by Gasteiger charge is -2.33. The summed E-state index contributed by atoms with van der Waals surface area (Å²) in [5.41, 5.74) is 23.3. The van der Waals surface area contributed by atoms with Gasteiger partial charge in [0, 0.05) is 45.5 Å². The fourth-order valence-corrected chi connectivity index (χ4v) is 15.5. The van der Waals surface area contributed by atoms with Crippen LogP contribution in [-0.4, -0.2) is 6.04 Å². The average Bonchev–Trinajstić information content (AvgIpc) is 0.710. The van der Waals surface area contributed by atoms with Crippen LogP contribution >= 0.6 is 0 Å². The van der Waals surface area contributed by atoms with E-state index in [2.05, 4.69) is 391 Å². The van der Waals surface area contributed by atoms with Crippen LogP contribution in [0.3, 0.4) is 0 Å². The van der Waals surface area contributed by atoms with Gasteiger partial charge in [-0.1, -0.05) is 261 Å². The molecule has 0 bridgehead atoms. The summed E-state index contributed by atoms with van der Waals surface area (Å²) in [7, 11) is 0. The lowest BCUT2D eigenvalue weighted by atomic mass is 9.80. The van der Waals surface area contributed by atoms with Gasteiger partial charge in [-0.2, -0.15) is 0 Å². The molecular formula is C96H69N3. The molecule has 0 saturated carbocycles. The maximum atomic E-state index is 2.52. The number of hydrogen-bond acceptors (Lipinski definition) is 3. The van der Waals surface area contributed by atoms with Crippen molar-refractivity contribution in [3.63, 3.8) is 0 Å². The van der Waals surface area contributed by atoms with Crippen LogP contribution in [-0.2, 0) is 6.42 Å². The Bertz CT molecular complexity index is 5800. The highest BCUT2D eigenvalue weighted by atomic mass is 15.2. The Kier molecular flexibility index (Phi) is 15.2.